The Morgan fingerprint density at radius 3 is 2.56 bits per heavy atom. The molecule has 1 N–H and O–H groups in total. The van der Waals surface area contributed by atoms with Gasteiger partial charge in [-0.1, -0.05) is 17.7 Å². The summed E-state index contributed by atoms with van der Waals surface area (Å²) >= 11 is 5.60. The van der Waals surface area contributed by atoms with Gasteiger partial charge in [0.1, 0.15) is 4.90 Å². The van der Waals surface area contributed by atoms with Crippen LogP contribution in [-0.4, -0.2) is 24.7 Å². The maximum atomic E-state index is 13.8. The molecule has 7 heteroatoms. The average Bonchev–Trinajstić information content (AvgIpc) is 2.29. The summed E-state index contributed by atoms with van der Waals surface area (Å²) in [5.41, 5.74) is -0.780. The van der Waals surface area contributed by atoms with Gasteiger partial charge < -0.3 is 5.11 Å². The molecule has 4 nitrogen and oxygen atoms in total. The quantitative estimate of drug-likeness (QED) is 0.866. The second kappa shape index (κ2) is 5.07. The second-order valence-corrected chi connectivity index (χ2v) is 6.27. The number of aromatic carboxylic acids is 1. The Hall–Kier alpha value is -1.40. The summed E-state index contributed by atoms with van der Waals surface area (Å²) in [7, 11) is -4.04. The molecule has 0 radical (unpaired) electrons. The Morgan fingerprint density at radius 1 is 1.56 bits per heavy atom. The lowest BCUT2D eigenvalue weighted by atomic mass is 10.2. The summed E-state index contributed by atoms with van der Waals surface area (Å²) in [4.78, 5) is 10.0. The number of hydrogen-bond acceptors (Lipinski definition) is 3. The highest BCUT2D eigenvalue weighted by Crippen LogP contribution is 2.26. The highest BCUT2D eigenvalue weighted by Gasteiger charge is 2.28. The lowest BCUT2D eigenvalue weighted by Gasteiger charge is -2.11. The smallest absolute Gasteiger partial charge is 0.338 e. The summed E-state index contributed by atoms with van der Waals surface area (Å²) in [6, 6.07) is 1.75. The third kappa shape index (κ3) is 2.54. The van der Waals surface area contributed by atoms with Crippen molar-refractivity contribution < 1.29 is 22.7 Å². The van der Waals surface area contributed by atoms with Crippen molar-refractivity contribution in [2.24, 2.45) is 0 Å². The van der Waals surface area contributed by atoms with E-state index in [-0.39, 0.29) is 5.02 Å². The fourth-order valence-corrected chi connectivity index (χ4v) is 2.84. The SMILES string of the molecule is C=CC(C)S(=O)(=O)c1cc(Cl)cc(C(=O)O)c1F. The lowest BCUT2D eigenvalue weighted by Crippen LogP contribution is -2.18. The topological polar surface area (TPSA) is 71.4 Å². The maximum absolute atomic E-state index is 13.8. The van der Waals surface area contributed by atoms with E-state index in [1.54, 1.807) is 0 Å². The predicted molar refractivity (Wildman–Crippen MR) is 65.2 cm³/mol. The summed E-state index contributed by atoms with van der Waals surface area (Å²) in [6.45, 7) is 4.62. The van der Waals surface area contributed by atoms with E-state index in [2.05, 4.69) is 6.58 Å². The first-order valence-corrected chi connectivity index (χ1v) is 6.73. The minimum atomic E-state index is -4.04. The van der Waals surface area contributed by atoms with Crippen LogP contribution >= 0.6 is 11.6 Å². The van der Waals surface area contributed by atoms with Crippen LogP contribution < -0.4 is 0 Å². The summed E-state index contributed by atoms with van der Waals surface area (Å²) in [5.74, 6) is -2.90. The van der Waals surface area contributed by atoms with Crippen molar-refractivity contribution in [3.05, 3.63) is 41.2 Å². The summed E-state index contributed by atoms with van der Waals surface area (Å²) in [5, 5.41) is 7.55. The molecule has 0 saturated heterocycles. The molecule has 1 atom stereocenters. The van der Waals surface area contributed by atoms with Crippen LogP contribution in [0.1, 0.15) is 17.3 Å². The van der Waals surface area contributed by atoms with Gasteiger partial charge in [0.2, 0.25) is 0 Å². The van der Waals surface area contributed by atoms with Crippen LogP contribution in [0.3, 0.4) is 0 Å². The first kappa shape index (κ1) is 14.7. The first-order chi connectivity index (χ1) is 8.21. The highest BCUT2D eigenvalue weighted by atomic mass is 35.5. The minimum Gasteiger partial charge on any atom is -0.478 e. The molecule has 98 valence electrons. The maximum Gasteiger partial charge on any atom is 0.338 e. The number of carboxylic acid groups (broad SMARTS) is 1. The molecule has 0 spiro atoms. The van der Waals surface area contributed by atoms with Gasteiger partial charge in [0.25, 0.3) is 0 Å². The molecule has 0 aromatic heterocycles. The normalized spacial score (nSPS) is 13.1. The van der Waals surface area contributed by atoms with Gasteiger partial charge in [0.15, 0.2) is 15.7 Å². The Morgan fingerprint density at radius 2 is 2.11 bits per heavy atom. The monoisotopic (exact) mass is 292 g/mol. The van der Waals surface area contributed by atoms with Gasteiger partial charge in [0.05, 0.1) is 10.8 Å². The number of halogens is 2. The van der Waals surface area contributed by atoms with Gasteiger partial charge in [-0.2, -0.15) is 0 Å². The molecule has 1 aromatic rings. The Kier molecular flexibility index (Phi) is 4.13. The molecule has 0 aliphatic heterocycles. The summed E-state index contributed by atoms with van der Waals surface area (Å²) < 4.78 is 37.7. The molecular weight excluding hydrogens is 283 g/mol. The number of benzene rings is 1. The largest absolute Gasteiger partial charge is 0.478 e. The van der Waals surface area contributed by atoms with Crippen LogP contribution in [0.5, 0.6) is 0 Å². The third-order valence-electron chi connectivity index (χ3n) is 2.36. The van der Waals surface area contributed by atoms with Crippen molar-refractivity contribution in [1.29, 1.82) is 0 Å². The molecule has 0 aliphatic rings. The van der Waals surface area contributed by atoms with Gasteiger partial charge in [-0.25, -0.2) is 17.6 Å². The van der Waals surface area contributed by atoms with E-state index in [0.717, 1.165) is 18.2 Å². The molecule has 0 amide bonds. The average molecular weight is 293 g/mol. The molecule has 0 aliphatic carbocycles. The van der Waals surface area contributed by atoms with E-state index in [9.17, 15) is 17.6 Å². The van der Waals surface area contributed by atoms with Gasteiger partial charge in [-0.3, -0.25) is 0 Å². The summed E-state index contributed by atoms with van der Waals surface area (Å²) in [6.07, 6.45) is 1.12. The molecule has 0 bridgehead atoms. The fraction of sp³-hybridized carbons (Fsp3) is 0.182. The molecule has 1 aromatic carbocycles. The van der Waals surface area contributed by atoms with Crippen LogP contribution in [0.4, 0.5) is 4.39 Å². The van der Waals surface area contributed by atoms with Gasteiger partial charge >= 0.3 is 5.97 Å². The zero-order valence-corrected chi connectivity index (χ0v) is 10.9. The van der Waals surface area contributed by atoms with Crippen LogP contribution in [0.25, 0.3) is 0 Å². The Bertz CT molecular complexity index is 610. The predicted octanol–water partition coefficient (Wildman–Crippen LogP) is 2.53. The number of carbonyl (C=O) groups is 1. The number of rotatable bonds is 4. The molecule has 0 fully saturated rings. The minimum absolute atomic E-state index is 0.163. The van der Waals surface area contributed by atoms with Crippen LogP contribution in [-0.2, 0) is 9.84 Å². The number of hydrogen-bond donors (Lipinski definition) is 1. The second-order valence-electron chi connectivity index (χ2n) is 3.56. The number of sulfone groups is 1. The first-order valence-electron chi connectivity index (χ1n) is 4.80. The van der Waals surface area contributed by atoms with E-state index in [0.29, 0.717) is 0 Å². The molecule has 18 heavy (non-hydrogen) atoms. The third-order valence-corrected chi connectivity index (χ3v) is 4.66. The molecule has 0 heterocycles. The van der Waals surface area contributed by atoms with Crippen molar-refractivity contribution in [2.45, 2.75) is 17.1 Å². The number of carboxylic acids is 1. The van der Waals surface area contributed by atoms with Gasteiger partial charge in [0, 0.05) is 5.02 Å². The van der Waals surface area contributed by atoms with Crippen molar-refractivity contribution in [2.75, 3.05) is 0 Å². The zero-order valence-electron chi connectivity index (χ0n) is 9.35. The molecule has 0 saturated carbocycles. The van der Waals surface area contributed by atoms with E-state index in [1.807, 2.05) is 0 Å². The fourth-order valence-electron chi connectivity index (χ4n) is 1.25. The highest BCUT2D eigenvalue weighted by molar-refractivity contribution is 7.92. The van der Waals surface area contributed by atoms with E-state index < -0.39 is 37.3 Å². The van der Waals surface area contributed by atoms with Crippen LogP contribution in [0.15, 0.2) is 29.7 Å². The standard InChI is InChI=1S/C11H10ClFO4S/c1-3-6(2)18(16,17)9-5-7(12)4-8(10(9)13)11(14)15/h3-6H,1H2,2H3,(H,14,15). The van der Waals surface area contributed by atoms with Crippen LogP contribution in [0.2, 0.25) is 5.02 Å². The van der Waals surface area contributed by atoms with Crippen molar-refractivity contribution in [3.8, 4) is 0 Å². The van der Waals surface area contributed by atoms with E-state index in [1.165, 1.54) is 6.92 Å². The van der Waals surface area contributed by atoms with Crippen molar-refractivity contribution in [1.82, 2.24) is 0 Å². The Labute approximate surface area is 109 Å². The lowest BCUT2D eigenvalue weighted by molar-refractivity contribution is 0.0691. The van der Waals surface area contributed by atoms with Gasteiger partial charge in [-0.15, -0.1) is 6.58 Å². The van der Waals surface area contributed by atoms with Crippen LogP contribution in [0, 0.1) is 5.82 Å². The molecule has 1 rings (SSSR count). The molecular formula is C11H10ClFO4S. The van der Waals surface area contributed by atoms with Crippen molar-refractivity contribution >= 4 is 27.4 Å². The Balaban J connectivity index is 3.62. The van der Waals surface area contributed by atoms with Gasteiger partial charge in [-0.05, 0) is 19.1 Å². The van der Waals surface area contributed by atoms with E-state index in [4.69, 9.17) is 16.7 Å². The van der Waals surface area contributed by atoms with Crippen molar-refractivity contribution in [3.63, 3.8) is 0 Å². The molecule has 1 unspecified atom stereocenters. The van der Waals surface area contributed by atoms with E-state index >= 15 is 0 Å². The zero-order chi connectivity index (χ0) is 14.1.